The van der Waals surface area contributed by atoms with Crippen molar-refractivity contribution in [3.63, 3.8) is 0 Å². The van der Waals surface area contributed by atoms with Gasteiger partial charge >= 0.3 is 5.97 Å². The number of esters is 1. The quantitative estimate of drug-likeness (QED) is 0.0794. The van der Waals surface area contributed by atoms with E-state index in [1.54, 1.807) is 11.3 Å². The van der Waals surface area contributed by atoms with Gasteiger partial charge in [0.2, 0.25) is 0 Å². The summed E-state index contributed by atoms with van der Waals surface area (Å²) < 4.78 is 20.0. The maximum atomic E-state index is 13.6. The van der Waals surface area contributed by atoms with Crippen LogP contribution in [-0.2, 0) is 29.6 Å². The highest BCUT2D eigenvalue weighted by Crippen LogP contribution is 2.44. The molecule has 1 aromatic carbocycles. The largest absolute Gasteiger partial charge is 0.469 e. The van der Waals surface area contributed by atoms with Gasteiger partial charge in [0.15, 0.2) is 16.6 Å². The first-order valence-corrected chi connectivity index (χ1v) is 24.2. The van der Waals surface area contributed by atoms with E-state index >= 15 is 0 Å². The molecule has 9 heteroatoms. The Bertz CT molecular complexity index is 1420. The van der Waals surface area contributed by atoms with Gasteiger partial charge in [0, 0.05) is 39.6 Å². The molecule has 5 nitrogen and oxygen atoms in total. The summed E-state index contributed by atoms with van der Waals surface area (Å²) in [6.07, 6.45) is 13.1. The zero-order chi connectivity index (χ0) is 35.2. The summed E-state index contributed by atoms with van der Waals surface area (Å²) in [5, 5.41) is 2.07. The van der Waals surface area contributed by atoms with Gasteiger partial charge in [0.25, 0.3) is 0 Å². The van der Waals surface area contributed by atoms with E-state index in [4.69, 9.17) is 25.2 Å². The Morgan fingerprint density at radius 1 is 1.04 bits per heavy atom. The number of fused-ring (bicyclic) bond motifs is 1. The number of thiophene rings is 1. The summed E-state index contributed by atoms with van der Waals surface area (Å²) in [7, 11) is -2.80. The highest BCUT2D eigenvalue weighted by atomic mass is 35.5. The number of methoxy groups -OCH3 is 1. The van der Waals surface area contributed by atoms with Gasteiger partial charge in [0.05, 0.1) is 24.3 Å². The van der Waals surface area contributed by atoms with Crippen LogP contribution in [0.3, 0.4) is 0 Å². The van der Waals surface area contributed by atoms with Gasteiger partial charge < -0.3 is 13.6 Å². The SMILES string of the molecule is COC(=O)CCC/C=C\C[C@H]1C(=O)C[C@@H](O[Si](C)(C)C(C)(C)C)[C@@H]1/C=C/C(CCc1sc2ccccc2c1Cl)O[Si](C)(C)C(C)(C)C. The lowest BCUT2D eigenvalue weighted by atomic mass is 9.90. The lowest BCUT2D eigenvalue weighted by molar-refractivity contribution is -0.140. The van der Waals surface area contributed by atoms with Gasteiger partial charge in [-0.2, -0.15) is 0 Å². The van der Waals surface area contributed by atoms with E-state index in [0.717, 1.165) is 36.1 Å². The van der Waals surface area contributed by atoms with Crippen LogP contribution in [-0.4, -0.2) is 47.7 Å². The number of ketones is 1. The molecule has 1 unspecified atom stereocenters. The van der Waals surface area contributed by atoms with Crippen LogP contribution in [0.1, 0.15) is 84.9 Å². The number of allylic oxidation sites excluding steroid dienone is 2. The van der Waals surface area contributed by atoms with Crippen molar-refractivity contribution < 1.29 is 23.2 Å². The maximum absolute atomic E-state index is 13.6. The standard InChI is InChI=1S/C38H59ClO5SSi2/c1-37(2,3)46(8,9)43-27(23-25-34-36(39)30-19-16-17-20-33(30)45-34)22-24-29-28(18-14-12-13-15-21-35(41)42-7)31(40)26-32(29)44-47(10,11)38(4,5)6/h12,14,16-17,19-20,22,24,27-29,32H,13,15,18,21,23,25-26H2,1-11H3/b14-12-,24-22+/t27?,28-,29-,32-/m1/s1. The molecule has 3 rings (SSSR count). The summed E-state index contributed by atoms with van der Waals surface area (Å²) in [6.45, 7) is 22.7. The molecule has 47 heavy (non-hydrogen) atoms. The summed E-state index contributed by atoms with van der Waals surface area (Å²) in [4.78, 5) is 26.3. The Morgan fingerprint density at radius 3 is 2.32 bits per heavy atom. The predicted molar refractivity (Wildman–Crippen MR) is 205 cm³/mol. The Hall–Kier alpha value is -1.56. The summed E-state index contributed by atoms with van der Waals surface area (Å²) in [5.41, 5.74) is 0. The average Bonchev–Trinajstić information content (AvgIpc) is 3.44. The van der Waals surface area contributed by atoms with Crippen molar-refractivity contribution in [1.29, 1.82) is 0 Å². The molecule has 0 N–H and O–H groups in total. The van der Waals surface area contributed by atoms with E-state index in [2.05, 4.69) is 110 Å². The highest BCUT2D eigenvalue weighted by molar-refractivity contribution is 7.19. The lowest BCUT2D eigenvalue weighted by Crippen LogP contribution is -2.45. The van der Waals surface area contributed by atoms with Crippen molar-refractivity contribution in [3.8, 4) is 0 Å². The third-order valence-corrected chi connectivity index (χ3v) is 21.3. The molecule has 1 aliphatic rings. The minimum Gasteiger partial charge on any atom is -0.469 e. The van der Waals surface area contributed by atoms with E-state index in [1.165, 1.54) is 16.7 Å². The Balaban J connectivity index is 1.89. The van der Waals surface area contributed by atoms with Crippen molar-refractivity contribution in [3.05, 3.63) is 58.5 Å². The topological polar surface area (TPSA) is 61.8 Å². The van der Waals surface area contributed by atoms with Crippen LogP contribution in [0.15, 0.2) is 48.6 Å². The van der Waals surface area contributed by atoms with Gasteiger partial charge in [-0.25, -0.2) is 0 Å². The second-order valence-corrected chi connectivity index (χ2v) is 27.1. The van der Waals surface area contributed by atoms with Crippen molar-refractivity contribution in [1.82, 2.24) is 0 Å². The minimum atomic E-state index is -2.12. The number of unbranched alkanes of at least 4 members (excludes halogenated alkanes) is 1. The first-order valence-electron chi connectivity index (χ1n) is 17.2. The van der Waals surface area contributed by atoms with Crippen LogP contribution >= 0.6 is 22.9 Å². The van der Waals surface area contributed by atoms with Gasteiger partial charge in [-0.1, -0.05) is 95.6 Å². The Morgan fingerprint density at radius 2 is 1.70 bits per heavy atom. The number of hydrogen-bond acceptors (Lipinski definition) is 6. The number of hydrogen-bond donors (Lipinski definition) is 0. The third-order valence-electron chi connectivity index (χ3n) is 10.6. The van der Waals surface area contributed by atoms with E-state index < -0.39 is 16.6 Å². The first kappa shape index (κ1) is 39.9. The number of aryl methyl sites for hydroxylation is 1. The predicted octanol–water partition coefficient (Wildman–Crippen LogP) is 11.3. The molecule has 2 aromatic rings. The van der Waals surface area contributed by atoms with Gasteiger partial charge in [-0.15, -0.1) is 11.3 Å². The molecule has 0 aliphatic heterocycles. The zero-order valence-corrected chi connectivity index (χ0v) is 34.3. The number of benzene rings is 1. The summed E-state index contributed by atoms with van der Waals surface area (Å²) in [5.74, 6) is -0.107. The zero-order valence-electron chi connectivity index (χ0n) is 30.7. The number of carbonyl (C=O) groups is 2. The molecule has 0 amide bonds. The molecule has 1 heterocycles. The Kier molecular flexibility index (Phi) is 13.9. The van der Waals surface area contributed by atoms with Crippen LogP contribution in [0, 0.1) is 11.8 Å². The van der Waals surface area contributed by atoms with E-state index in [0.29, 0.717) is 19.3 Å². The summed E-state index contributed by atoms with van der Waals surface area (Å²) in [6, 6.07) is 8.32. The monoisotopic (exact) mass is 718 g/mol. The van der Waals surface area contributed by atoms with Gasteiger partial charge in [-0.05, 0) is 74.4 Å². The molecule has 1 aliphatic carbocycles. The van der Waals surface area contributed by atoms with E-state index in [1.807, 2.05) is 6.07 Å². The number of Topliss-reactive ketones (excluding diaryl/α,β-unsaturated/α-hetero) is 1. The van der Waals surface area contributed by atoms with Crippen molar-refractivity contribution >= 4 is 61.4 Å². The summed E-state index contributed by atoms with van der Waals surface area (Å²) >= 11 is 8.63. The smallest absolute Gasteiger partial charge is 0.305 e. The Labute approximate surface area is 295 Å². The molecule has 1 fully saturated rings. The van der Waals surface area contributed by atoms with Gasteiger partial charge in [-0.3, -0.25) is 9.59 Å². The van der Waals surface area contributed by atoms with Crippen LogP contribution < -0.4 is 0 Å². The fraction of sp³-hybridized carbons (Fsp3) is 0.632. The van der Waals surface area contributed by atoms with Crippen molar-refractivity contribution in [2.45, 2.75) is 135 Å². The second-order valence-electron chi connectivity index (χ2n) is 16.1. The maximum Gasteiger partial charge on any atom is 0.305 e. The second kappa shape index (κ2) is 16.4. The molecular weight excluding hydrogens is 660 g/mol. The molecule has 262 valence electrons. The van der Waals surface area contributed by atoms with Crippen LogP contribution in [0.5, 0.6) is 0 Å². The third kappa shape index (κ3) is 10.7. The lowest BCUT2D eigenvalue weighted by Gasteiger charge is -2.40. The normalized spacial score (nSPS) is 20.6. The van der Waals surface area contributed by atoms with E-state index in [-0.39, 0.29) is 45.9 Å². The molecule has 0 bridgehead atoms. The molecule has 0 spiro atoms. The van der Waals surface area contributed by atoms with Crippen LogP contribution in [0.25, 0.3) is 10.1 Å². The first-order chi connectivity index (χ1) is 21.8. The molecule has 1 aromatic heterocycles. The molecule has 0 radical (unpaired) electrons. The molecule has 1 saturated carbocycles. The average molecular weight is 720 g/mol. The fourth-order valence-corrected chi connectivity index (χ4v) is 9.71. The number of rotatable bonds is 15. The molecule has 0 saturated heterocycles. The number of ether oxygens (including phenoxy) is 1. The van der Waals surface area contributed by atoms with Crippen LogP contribution in [0.2, 0.25) is 41.3 Å². The minimum absolute atomic E-state index is 0.0326. The van der Waals surface area contributed by atoms with E-state index in [9.17, 15) is 9.59 Å². The highest BCUT2D eigenvalue weighted by Gasteiger charge is 2.47. The number of halogens is 1. The molecular formula is C38H59ClO5SSi2. The molecule has 4 atom stereocenters. The van der Waals surface area contributed by atoms with Crippen molar-refractivity contribution in [2.24, 2.45) is 11.8 Å². The fourth-order valence-electron chi connectivity index (χ4n) is 5.51. The van der Waals surface area contributed by atoms with Crippen molar-refractivity contribution in [2.75, 3.05) is 7.11 Å². The van der Waals surface area contributed by atoms with Gasteiger partial charge in [0.1, 0.15) is 5.78 Å². The van der Waals surface area contributed by atoms with Crippen LogP contribution in [0.4, 0.5) is 0 Å². The number of carbonyl (C=O) groups excluding carboxylic acids is 2.